The van der Waals surface area contributed by atoms with Crippen LogP contribution in [0.2, 0.25) is 43.3 Å². The third-order valence-electron chi connectivity index (χ3n) is 5.71. The number of carbonyl (C=O) groups is 1. The third-order valence-corrected chi connectivity index (χ3v) is 12.7. The quantitative estimate of drug-likeness (QED) is 0.559. The monoisotopic (exact) mass is 354 g/mol. The van der Waals surface area contributed by atoms with Gasteiger partial charge in [0.05, 0.1) is 20.3 Å². The van der Waals surface area contributed by atoms with Crippen molar-refractivity contribution in [2.75, 3.05) is 0 Å². The lowest BCUT2D eigenvalue weighted by Gasteiger charge is -2.38. The lowest BCUT2D eigenvalue weighted by Crippen LogP contribution is -2.40. The number of ketones is 1. The van der Waals surface area contributed by atoms with E-state index in [0.717, 1.165) is 5.76 Å². The van der Waals surface area contributed by atoms with Crippen molar-refractivity contribution in [2.45, 2.75) is 90.8 Å². The van der Waals surface area contributed by atoms with Gasteiger partial charge < -0.3 is 4.43 Å². The Morgan fingerprint density at radius 2 is 1.65 bits per heavy atom. The molecule has 23 heavy (non-hydrogen) atoms. The van der Waals surface area contributed by atoms with Gasteiger partial charge in [-0.15, -0.1) is 0 Å². The minimum atomic E-state index is -1.89. The molecule has 0 unspecified atom stereocenters. The second kappa shape index (κ2) is 6.87. The van der Waals surface area contributed by atoms with Crippen LogP contribution in [0.4, 0.5) is 0 Å². The summed E-state index contributed by atoms with van der Waals surface area (Å²) in [5.41, 5.74) is 0.522. The van der Waals surface area contributed by atoms with Crippen LogP contribution in [0.15, 0.2) is 11.8 Å². The van der Waals surface area contributed by atoms with Gasteiger partial charge in [0.15, 0.2) is 0 Å². The second-order valence-corrected chi connectivity index (χ2v) is 20.3. The Kier molecular flexibility index (Phi) is 6.18. The summed E-state index contributed by atoms with van der Waals surface area (Å²) >= 11 is 0. The predicted molar refractivity (Wildman–Crippen MR) is 106 cm³/mol. The highest BCUT2D eigenvalue weighted by Crippen LogP contribution is 2.44. The van der Waals surface area contributed by atoms with Crippen LogP contribution in [0.3, 0.4) is 0 Å². The fourth-order valence-corrected chi connectivity index (χ4v) is 6.71. The van der Waals surface area contributed by atoms with E-state index in [1.807, 2.05) is 0 Å². The van der Waals surface area contributed by atoms with Gasteiger partial charge in [0.25, 0.3) is 0 Å². The van der Waals surface area contributed by atoms with E-state index in [4.69, 9.17) is 4.43 Å². The lowest BCUT2D eigenvalue weighted by atomic mass is 9.88. The summed E-state index contributed by atoms with van der Waals surface area (Å²) in [5, 5.41) is 0.162. The van der Waals surface area contributed by atoms with Crippen LogP contribution >= 0.6 is 0 Å². The maximum absolute atomic E-state index is 12.5. The summed E-state index contributed by atoms with van der Waals surface area (Å²) in [7, 11) is -3.29. The SMILES string of the molecule is CC(C)[C@H]1CC(=O)CC(O[Si](C)(C)C(C)(C)C)=C[C@@H]1[Si](C)(C)C. The number of carbonyl (C=O) groups excluding carboxylic acids is 1. The molecule has 0 aromatic carbocycles. The van der Waals surface area contributed by atoms with Crippen molar-refractivity contribution in [3.05, 3.63) is 11.8 Å². The summed E-state index contributed by atoms with van der Waals surface area (Å²) in [6, 6.07) is 0. The first-order valence-electron chi connectivity index (χ1n) is 9.06. The van der Waals surface area contributed by atoms with E-state index in [2.05, 4.69) is 73.4 Å². The molecule has 0 aromatic heterocycles. The van der Waals surface area contributed by atoms with Gasteiger partial charge in [0.1, 0.15) is 5.78 Å². The van der Waals surface area contributed by atoms with E-state index in [1.165, 1.54) is 0 Å². The molecule has 1 aliphatic carbocycles. The molecule has 0 spiro atoms. The Balaban J connectivity index is 3.22. The van der Waals surface area contributed by atoms with Crippen LogP contribution in [0.1, 0.15) is 47.5 Å². The molecule has 2 atom stereocenters. The smallest absolute Gasteiger partial charge is 0.250 e. The van der Waals surface area contributed by atoms with Gasteiger partial charge in [-0.1, -0.05) is 54.3 Å². The van der Waals surface area contributed by atoms with E-state index >= 15 is 0 Å². The van der Waals surface area contributed by atoms with Crippen molar-refractivity contribution in [2.24, 2.45) is 11.8 Å². The molecule has 0 saturated heterocycles. The van der Waals surface area contributed by atoms with Crippen molar-refractivity contribution in [3.8, 4) is 0 Å². The first kappa shape index (κ1) is 20.7. The van der Waals surface area contributed by atoms with Gasteiger partial charge in [-0.2, -0.15) is 0 Å². The van der Waals surface area contributed by atoms with Crippen LogP contribution in [0, 0.1) is 11.8 Å². The molecular formula is C19H38O2Si2. The van der Waals surface area contributed by atoms with Crippen LogP contribution in [-0.4, -0.2) is 22.2 Å². The molecular weight excluding hydrogens is 316 g/mol. The zero-order chi connectivity index (χ0) is 18.2. The number of hydrogen-bond donors (Lipinski definition) is 0. The number of rotatable bonds is 4. The zero-order valence-corrected chi connectivity index (χ0v) is 19.0. The maximum atomic E-state index is 12.5. The second-order valence-electron chi connectivity index (χ2n) is 10.2. The van der Waals surface area contributed by atoms with Gasteiger partial charge in [0, 0.05) is 6.42 Å². The van der Waals surface area contributed by atoms with Gasteiger partial charge in [-0.05, 0) is 41.6 Å². The van der Waals surface area contributed by atoms with E-state index < -0.39 is 16.4 Å². The average Bonchev–Trinajstić information content (AvgIpc) is 2.45. The van der Waals surface area contributed by atoms with Crippen molar-refractivity contribution in [1.82, 2.24) is 0 Å². The fourth-order valence-electron chi connectivity index (χ4n) is 3.13. The molecule has 1 rings (SSSR count). The largest absolute Gasteiger partial charge is 0.546 e. The first-order chi connectivity index (χ1) is 10.1. The van der Waals surface area contributed by atoms with Crippen LogP contribution in [0.25, 0.3) is 0 Å². The fraction of sp³-hybridized carbons (Fsp3) is 0.842. The van der Waals surface area contributed by atoms with Crippen LogP contribution in [0.5, 0.6) is 0 Å². The Morgan fingerprint density at radius 1 is 1.13 bits per heavy atom. The minimum absolute atomic E-state index is 0.162. The highest BCUT2D eigenvalue weighted by molar-refractivity contribution is 6.78. The van der Waals surface area contributed by atoms with Crippen LogP contribution < -0.4 is 0 Å². The highest BCUT2D eigenvalue weighted by Gasteiger charge is 2.42. The van der Waals surface area contributed by atoms with E-state index in [9.17, 15) is 4.79 Å². The molecule has 4 heteroatoms. The lowest BCUT2D eigenvalue weighted by molar-refractivity contribution is -0.119. The topological polar surface area (TPSA) is 26.3 Å². The highest BCUT2D eigenvalue weighted by atomic mass is 28.4. The Bertz CT molecular complexity index is 465. The molecule has 0 radical (unpaired) electrons. The normalized spacial score (nSPS) is 24.5. The predicted octanol–water partition coefficient (Wildman–Crippen LogP) is 6.24. The first-order valence-corrected chi connectivity index (χ1v) is 15.5. The number of Topliss-reactive ketones (excluding diaryl/α,β-unsaturated/α-hetero) is 1. The maximum Gasteiger partial charge on any atom is 0.250 e. The van der Waals surface area contributed by atoms with Crippen LogP contribution in [-0.2, 0) is 9.22 Å². The Labute approximate surface area is 146 Å². The standard InChI is InChI=1S/C19H38O2Si2/c1-14(2)17-12-15(20)11-16(13-18(17)22(6,7)8)21-23(9,10)19(3,4)5/h13-14,17-18H,11-12H2,1-10H3/t17-,18+/m1/s1. The van der Waals surface area contributed by atoms with Crippen molar-refractivity contribution in [3.63, 3.8) is 0 Å². The van der Waals surface area contributed by atoms with Gasteiger partial charge >= 0.3 is 0 Å². The van der Waals surface area contributed by atoms with E-state index in [-0.39, 0.29) is 5.04 Å². The van der Waals surface area contributed by atoms with E-state index in [1.54, 1.807) is 0 Å². The third kappa shape index (κ3) is 5.31. The van der Waals surface area contributed by atoms with Gasteiger partial charge in [-0.3, -0.25) is 4.79 Å². The summed E-state index contributed by atoms with van der Waals surface area (Å²) in [5.74, 6) is 2.33. The number of hydrogen-bond acceptors (Lipinski definition) is 2. The molecule has 0 N–H and O–H groups in total. The zero-order valence-electron chi connectivity index (χ0n) is 17.0. The molecule has 134 valence electrons. The molecule has 0 heterocycles. The number of allylic oxidation sites excluding steroid dienone is 2. The summed E-state index contributed by atoms with van der Waals surface area (Å²) in [6.45, 7) is 23.1. The summed E-state index contributed by atoms with van der Waals surface area (Å²) in [6.07, 6.45) is 3.58. The van der Waals surface area contributed by atoms with Crippen molar-refractivity contribution < 1.29 is 9.22 Å². The van der Waals surface area contributed by atoms with E-state index in [0.29, 0.717) is 36.0 Å². The van der Waals surface area contributed by atoms with Crippen molar-refractivity contribution >= 4 is 22.2 Å². The molecule has 0 fully saturated rings. The average molecular weight is 355 g/mol. The molecule has 0 bridgehead atoms. The molecule has 0 amide bonds. The summed E-state index contributed by atoms with van der Waals surface area (Å²) in [4.78, 5) is 12.5. The van der Waals surface area contributed by atoms with Gasteiger partial charge in [0.2, 0.25) is 8.32 Å². The Hall–Kier alpha value is -0.356. The summed E-state index contributed by atoms with van der Waals surface area (Å²) < 4.78 is 6.55. The minimum Gasteiger partial charge on any atom is -0.546 e. The van der Waals surface area contributed by atoms with Gasteiger partial charge in [-0.25, -0.2) is 0 Å². The molecule has 0 aromatic rings. The molecule has 1 aliphatic rings. The molecule has 0 saturated carbocycles. The Morgan fingerprint density at radius 3 is 2.04 bits per heavy atom. The molecule has 2 nitrogen and oxygen atoms in total. The molecule has 0 aliphatic heterocycles. The van der Waals surface area contributed by atoms with Crippen molar-refractivity contribution in [1.29, 1.82) is 0 Å².